The molecule has 2 N–H and O–H groups in total. The van der Waals surface area contributed by atoms with Crippen LogP contribution in [0.4, 0.5) is 4.79 Å². The summed E-state index contributed by atoms with van der Waals surface area (Å²) in [6, 6.07) is 10.1. The third-order valence-electron chi connectivity index (χ3n) is 4.05. The lowest BCUT2D eigenvalue weighted by atomic mass is 9.99. The number of rotatable bonds is 4. The number of hydrogen-bond donors (Lipinski definition) is 2. The average Bonchev–Trinajstić information content (AvgIpc) is 3.07. The number of urea groups is 1. The van der Waals surface area contributed by atoms with Crippen molar-refractivity contribution in [2.24, 2.45) is 0 Å². The van der Waals surface area contributed by atoms with Crippen molar-refractivity contribution in [2.75, 3.05) is 0 Å². The van der Waals surface area contributed by atoms with E-state index in [0.717, 1.165) is 11.1 Å². The number of aliphatic hydroxyl groups is 1. The Hall–Kier alpha value is -2.60. The second-order valence-electron chi connectivity index (χ2n) is 5.83. The van der Waals surface area contributed by atoms with Gasteiger partial charge < -0.3 is 14.8 Å². The molecule has 2 aromatic rings. The minimum atomic E-state index is -1.18. The first-order valence-corrected chi connectivity index (χ1v) is 7.34. The monoisotopic (exact) mass is 314 g/mol. The number of carbonyl (C=O) groups excluding carboxylic acids is 2. The number of carbonyl (C=O) groups is 2. The van der Waals surface area contributed by atoms with Gasteiger partial charge in [0.2, 0.25) is 0 Å². The van der Waals surface area contributed by atoms with Gasteiger partial charge in [0, 0.05) is 0 Å². The number of hydrogen-bond acceptors (Lipinski definition) is 4. The van der Waals surface area contributed by atoms with Crippen molar-refractivity contribution in [3.8, 4) is 0 Å². The minimum absolute atomic E-state index is 0.0423. The van der Waals surface area contributed by atoms with E-state index in [0.29, 0.717) is 11.5 Å². The van der Waals surface area contributed by atoms with Gasteiger partial charge in [-0.25, -0.2) is 4.79 Å². The average molecular weight is 314 g/mol. The van der Waals surface area contributed by atoms with Crippen LogP contribution in [0.3, 0.4) is 0 Å². The van der Waals surface area contributed by atoms with Gasteiger partial charge in [0.05, 0.1) is 13.2 Å². The Kier molecular flexibility index (Phi) is 3.69. The zero-order chi connectivity index (χ0) is 16.6. The Morgan fingerprint density at radius 3 is 2.35 bits per heavy atom. The van der Waals surface area contributed by atoms with Crippen LogP contribution in [0.2, 0.25) is 0 Å². The van der Waals surface area contributed by atoms with Crippen LogP contribution < -0.4 is 5.32 Å². The van der Waals surface area contributed by atoms with Gasteiger partial charge >= 0.3 is 6.03 Å². The fourth-order valence-electron chi connectivity index (χ4n) is 2.64. The number of furan rings is 1. The number of benzene rings is 1. The molecule has 1 aromatic heterocycles. The van der Waals surface area contributed by atoms with Crippen molar-refractivity contribution in [3.63, 3.8) is 0 Å². The zero-order valence-electron chi connectivity index (χ0n) is 13.0. The van der Waals surface area contributed by atoms with Crippen LogP contribution in [-0.4, -0.2) is 21.9 Å². The van der Waals surface area contributed by atoms with E-state index < -0.39 is 11.6 Å². The maximum Gasteiger partial charge on any atom is 0.325 e. The fourth-order valence-corrected chi connectivity index (χ4v) is 2.64. The van der Waals surface area contributed by atoms with E-state index in [9.17, 15) is 9.59 Å². The molecular formula is C17H18N2O4. The molecule has 3 amide bonds. The number of imide groups is 1. The first kappa shape index (κ1) is 15.3. The smallest absolute Gasteiger partial charge is 0.325 e. The molecule has 2 heterocycles. The van der Waals surface area contributed by atoms with Gasteiger partial charge in [0.15, 0.2) is 5.54 Å². The highest BCUT2D eigenvalue weighted by Gasteiger charge is 2.50. The summed E-state index contributed by atoms with van der Waals surface area (Å²) in [6.45, 7) is 3.56. The summed E-state index contributed by atoms with van der Waals surface area (Å²) in [6.07, 6.45) is 0. The number of nitrogens with one attached hydrogen (secondary N) is 1. The predicted molar refractivity (Wildman–Crippen MR) is 82.2 cm³/mol. The molecular weight excluding hydrogens is 296 g/mol. The van der Waals surface area contributed by atoms with Crippen molar-refractivity contribution >= 4 is 11.9 Å². The molecule has 23 heavy (non-hydrogen) atoms. The van der Waals surface area contributed by atoms with E-state index in [2.05, 4.69) is 5.32 Å². The van der Waals surface area contributed by atoms with Gasteiger partial charge in [-0.1, -0.05) is 24.3 Å². The van der Waals surface area contributed by atoms with Crippen LogP contribution in [0.15, 0.2) is 40.8 Å². The molecule has 3 rings (SSSR count). The summed E-state index contributed by atoms with van der Waals surface area (Å²) >= 11 is 0. The maximum absolute atomic E-state index is 12.7. The molecule has 0 bridgehead atoms. The van der Waals surface area contributed by atoms with Crippen LogP contribution in [0.25, 0.3) is 0 Å². The first-order chi connectivity index (χ1) is 10.9. The zero-order valence-corrected chi connectivity index (χ0v) is 13.0. The third-order valence-corrected chi connectivity index (χ3v) is 4.05. The quantitative estimate of drug-likeness (QED) is 0.846. The van der Waals surface area contributed by atoms with Crippen molar-refractivity contribution in [2.45, 2.75) is 32.5 Å². The highest BCUT2D eigenvalue weighted by atomic mass is 16.3. The molecule has 0 saturated carbocycles. The maximum atomic E-state index is 12.7. The first-order valence-electron chi connectivity index (χ1n) is 7.34. The highest BCUT2D eigenvalue weighted by Crippen LogP contribution is 2.30. The number of amides is 3. The summed E-state index contributed by atoms with van der Waals surface area (Å²) < 4.78 is 5.53. The largest absolute Gasteiger partial charge is 0.463 e. The van der Waals surface area contributed by atoms with Gasteiger partial charge in [-0.2, -0.15) is 0 Å². The summed E-state index contributed by atoms with van der Waals surface area (Å²) in [5.74, 6) is 0.760. The van der Waals surface area contributed by atoms with Crippen LogP contribution in [-0.2, 0) is 23.5 Å². The number of aryl methyl sites for hydroxylation is 1. The fraction of sp³-hybridized carbons (Fsp3) is 0.294. The number of nitrogens with zero attached hydrogens (tertiary/aromatic N) is 1. The Morgan fingerprint density at radius 2 is 1.78 bits per heavy atom. The van der Waals surface area contributed by atoms with Gasteiger partial charge in [-0.05, 0) is 37.1 Å². The predicted octanol–water partition coefficient (Wildman–Crippen LogP) is 2.05. The molecule has 6 heteroatoms. The van der Waals surface area contributed by atoms with Crippen LogP contribution >= 0.6 is 0 Å². The molecule has 1 fully saturated rings. The third kappa shape index (κ3) is 2.61. The standard InChI is InChI=1S/C17H18N2O4/c1-11-3-8-14(23-11)17(2)15(21)19(16(22)18-17)9-12-4-6-13(10-20)7-5-12/h3-8,20H,9-10H2,1-2H3,(H,18,22). The minimum Gasteiger partial charge on any atom is -0.463 e. The molecule has 1 aliphatic heterocycles. The Labute approximate surface area is 133 Å². The van der Waals surface area contributed by atoms with E-state index in [-0.39, 0.29) is 19.1 Å². The van der Waals surface area contributed by atoms with Gasteiger partial charge in [-0.15, -0.1) is 0 Å². The van der Waals surface area contributed by atoms with E-state index in [4.69, 9.17) is 9.52 Å². The second-order valence-corrected chi connectivity index (χ2v) is 5.83. The molecule has 1 saturated heterocycles. The van der Waals surface area contributed by atoms with E-state index >= 15 is 0 Å². The Bertz CT molecular complexity index is 750. The van der Waals surface area contributed by atoms with Gasteiger partial charge in [0.1, 0.15) is 11.5 Å². The molecule has 0 aliphatic carbocycles. The van der Waals surface area contributed by atoms with Gasteiger partial charge in [0.25, 0.3) is 5.91 Å². The van der Waals surface area contributed by atoms with Crippen LogP contribution in [0.1, 0.15) is 29.6 Å². The summed E-state index contributed by atoms with van der Waals surface area (Å²) in [7, 11) is 0. The SMILES string of the molecule is Cc1ccc(C2(C)NC(=O)N(Cc3ccc(CO)cc3)C2=O)o1. The molecule has 1 aromatic carbocycles. The summed E-state index contributed by atoms with van der Waals surface area (Å²) in [5, 5.41) is 11.8. The van der Waals surface area contributed by atoms with Crippen LogP contribution in [0.5, 0.6) is 0 Å². The lowest BCUT2D eigenvalue weighted by Gasteiger charge is -2.19. The molecule has 0 spiro atoms. The number of aliphatic hydroxyl groups excluding tert-OH is 1. The van der Waals surface area contributed by atoms with Crippen molar-refractivity contribution in [1.82, 2.24) is 10.2 Å². The van der Waals surface area contributed by atoms with E-state index in [1.807, 2.05) is 0 Å². The van der Waals surface area contributed by atoms with Crippen molar-refractivity contribution in [3.05, 3.63) is 59.0 Å². The molecule has 1 unspecified atom stereocenters. The topological polar surface area (TPSA) is 82.8 Å². The molecule has 6 nitrogen and oxygen atoms in total. The molecule has 1 atom stereocenters. The normalized spacial score (nSPS) is 20.9. The summed E-state index contributed by atoms with van der Waals surface area (Å²) in [4.78, 5) is 26.1. The van der Waals surface area contributed by atoms with Gasteiger partial charge in [-0.3, -0.25) is 9.69 Å². The highest BCUT2D eigenvalue weighted by molar-refractivity contribution is 6.06. The molecule has 1 aliphatic rings. The van der Waals surface area contributed by atoms with Crippen molar-refractivity contribution in [1.29, 1.82) is 0 Å². The van der Waals surface area contributed by atoms with E-state index in [1.165, 1.54) is 4.90 Å². The van der Waals surface area contributed by atoms with E-state index in [1.54, 1.807) is 50.2 Å². The van der Waals surface area contributed by atoms with Crippen molar-refractivity contribution < 1.29 is 19.1 Å². The second kappa shape index (κ2) is 5.55. The Balaban J connectivity index is 1.83. The summed E-state index contributed by atoms with van der Waals surface area (Å²) in [5.41, 5.74) is 0.406. The molecule has 0 radical (unpaired) electrons. The molecule has 120 valence electrons. The van der Waals surface area contributed by atoms with Crippen LogP contribution in [0, 0.1) is 6.92 Å². The lowest BCUT2D eigenvalue weighted by Crippen LogP contribution is -2.40. The Morgan fingerprint density at radius 1 is 1.13 bits per heavy atom. The lowest BCUT2D eigenvalue weighted by molar-refractivity contribution is -0.132.